The molecular weight excluding hydrogens is 381 g/mol. The van der Waals surface area contributed by atoms with Crippen LogP contribution in [0.3, 0.4) is 0 Å². The number of nitrogens with one attached hydrogen (secondary N) is 2. The zero-order chi connectivity index (χ0) is 19.4. The molecule has 3 rings (SSSR count). The molecular formula is C18H12ClF3N4O. The number of anilines is 3. The third kappa shape index (κ3) is 4.73. The molecule has 0 radical (unpaired) electrons. The van der Waals surface area contributed by atoms with Crippen molar-refractivity contribution in [3.8, 4) is 0 Å². The van der Waals surface area contributed by atoms with E-state index in [1.807, 2.05) is 0 Å². The Kier molecular flexibility index (Phi) is 5.56. The zero-order valence-electron chi connectivity index (χ0n) is 13.6. The number of amides is 1. The fourth-order valence-electron chi connectivity index (χ4n) is 2.20. The fourth-order valence-corrected chi connectivity index (χ4v) is 2.33. The van der Waals surface area contributed by atoms with E-state index in [9.17, 15) is 18.0 Å². The maximum atomic E-state index is 13.6. The number of carbonyl (C=O) groups excluding carboxylic acids is 1. The maximum absolute atomic E-state index is 13.6. The lowest BCUT2D eigenvalue weighted by molar-refractivity contribution is -0.115. The van der Waals surface area contributed by atoms with Gasteiger partial charge in [0.2, 0.25) is 5.91 Å². The predicted octanol–water partition coefficient (Wildman–Crippen LogP) is 4.47. The summed E-state index contributed by atoms with van der Waals surface area (Å²) in [4.78, 5) is 12.0. The van der Waals surface area contributed by atoms with Crippen molar-refractivity contribution in [3.05, 3.63) is 76.6 Å². The molecule has 0 saturated heterocycles. The first-order valence-electron chi connectivity index (χ1n) is 7.71. The van der Waals surface area contributed by atoms with Crippen molar-refractivity contribution in [2.75, 3.05) is 10.6 Å². The molecule has 0 fully saturated rings. The molecule has 0 unspecified atom stereocenters. The van der Waals surface area contributed by atoms with E-state index in [0.717, 1.165) is 17.7 Å². The largest absolute Gasteiger partial charge is 0.336 e. The van der Waals surface area contributed by atoms with Gasteiger partial charge in [0, 0.05) is 5.02 Å². The molecule has 1 heterocycles. The van der Waals surface area contributed by atoms with Crippen LogP contribution < -0.4 is 10.6 Å². The molecule has 0 aliphatic carbocycles. The molecule has 2 aromatic carbocycles. The van der Waals surface area contributed by atoms with E-state index in [1.165, 1.54) is 12.1 Å². The molecule has 0 aliphatic heterocycles. The van der Waals surface area contributed by atoms with Crippen LogP contribution in [0.15, 0.2) is 48.5 Å². The Morgan fingerprint density at radius 3 is 2.22 bits per heavy atom. The second-order valence-electron chi connectivity index (χ2n) is 5.50. The van der Waals surface area contributed by atoms with Gasteiger partial charge in [-0.25, -0.2) is 13.2 Å². The molecule has 0 aliphatic rings. The molecule has 1 aromatic heterocycles. The fraction of sp³-hybridized carbons (Fsp3) is 0.0556. The monoisotopic (exact) mass is 392 g/mol. The van der Waals surface area contributed by atoms with Crippen molar-refractivity contribution < 1.29 is 18.0 Å². The van der Waals surface area contributed by atoms with Gasteiger partial charge in [0.25, 0.3) is 0 Å². The van der Waals surface area contributed by atoms with Crippen molar-refractivity contribution in [1.82, 2.24) is 10.2 Å². The topological polar surface area (TPSA) is 66.9 Å². The van der Waals surface area contributed by atoms with Gasteiger partial charge in [0.15, 0.2) is 29.1 Å². The molecule has 0 saturated carbocycles. The van der Waals surface area contributed by atoms with E-state index in [2.05, 4.69) is 20.8 Å². The van der Waals surface area contributed by atoms with Crippen LogP contribution in [-0.4, -0.2) is 16.1 Å². The molecule has 138 valence electrons. The number of rotatable bonds is 5. The quantitative estimate of drug-likeness (QED) is 0.629. The number of nitrogens with zero attached hydrogens (tertiary/aromatic N) is 2. The molecule has 0 spiro atoms. The van der Waals surface area contributed by atoms with Gasteiger partial charge in [-0.2, -0.15) is 0 Å². The molecule has 9 heteroatoms. The minimum absolute atomic E-state index is 0.0932. The zero-order valence-corrected chi connectivity index (χ0v) is 14.4. The number of hydrogen-bond donors (Lipinski definition) is 2. The van der Waals surface area contributed by atoms with Gasteiger partial charge in [0.05, 0.1) is 12.1 Å². The van der Waals surface area contributed by atoms with Crippen LogP contribution in [0, 0.1) is 17.5 Å². The van der Waals surface area contributed by atoms with Crippen LogP contribution in [-0.2, 0) is 11.2 Å². The van der Waals surface area contributed by atoms with Crippen LogP contribution in [0.1, 0.15) is 5.56 Å². The molecule has 2 N–H and O–H groups in total. The van der Waals surface area contributed by atoms with Crippen molar-refractivity contribution >= 4 is 34.8 Å². The van der Waals surface area contributed by atoms with E-state index >= 15 is 0 Å². The highest BCUT2D eigenvalue weighted by molar-refractivity contribution is 6.30. The van der Waals surface area contributed by atoms with Crippen LogP contribution in [0.4, 0.5) is 30.5 Å². The Hall–Kier alpha value is -3.13. The van der Waals surface area contributed by atoms with Gasteiger partial charge in [0.1, 0.15) is 0 Å². The summed E-state index contributed by atoms with van der Waals surface area (Å²) >= 11 is 5.79. The number of benzene rings is 2. The lowest BCUT2D eigenvalue weighted by atomic mass is 10.1. The van der Waals surface area contributed by atoms with Crippen molar-refractivity contribution in [1.29, 1.82) is 0 Å². The van der Waals surface area contributed by atoms with E-state index in [0.29, 0.717) is 5.02 Å². The molecule has 5 nitrogen and oxygen atoms in total. The van der Waals surface area contributed by atoms with Crippen molar-refractivity contribution in [2.24, 2.45) is 0 Å². The van der Waals surface area contributed by atoms with Gasteiger partial charge in [-0.15, -0.1) is 10.2 Å². The molecule has 1 amide bonds. The molecule has 27 heavy (non-hydrogen) atoms. The van der Waals surface area contributed by atoms with Gasteiger partial charge in [-0.3, -0.25) is 4.79 Å². The van der Waals surface area contributed by atoms with Gasteiger partial charge >= 0.3 is 0 Å². The smallest absolute Gasteiger partial charge is 0.229 e. The first kappa shape index (κ1) is 18.7. The second-order valence-corrected chi connectivity index (χ2v) is 5.94. The van der Waals surface area contributed by atoms with Crippen LogP contribution in [0.2, 0.25) is 5.02 Å². The normalized spacial score (nSPS) is 10.5. The Labute approximate surface area is 157 Å². The highest BCUT2D eigenvalue weighted by Crippen LogP contribution is 2.22. The number of halogens is 4. The average molecular weight is 393 g/mol. The minimum atomic E-state index is -1.58. The standard InChI is InChI=1S/C18H12ClF3N4O/c19-11-3-1-10(2-4-11)9-16(27)24-15-8-7-14(25-26-15)23-13-6-5-12(20)17(21)18(13)22/h1-8H,9H2,(H,23,25)(H,24,26,27). The van der Waals surface area contributed by atoms with Gasteiger partial charge in [-0.1, -0.05) is 23.7 Å². The lowest BCUT2D eigenvalue weighted by Crippen LogP contribution is -2.15. The summed E-state index contributed by atoms with van der Waals surface area (Å²) in [5.74, 6) is -4.26. The summed E-state index contributed by atoms with van der Waals surface area (Å²) in [6, 6.07) is 11.5. The van der Waals surface area contributed by atoms with Crippen LogP contribution >= 0.6 is 11.6 Å². The highest BCUT2D eigenvalue weighted by Gasteiger charge is 2.14. The van der Waals surface area contributed by atoms with E-state index in [1.54, 1.807) is 24.3 Å². The Balaban J connectivity index is 1.62. The molecule has 3 aromatic rings. The molecule has 0 bridgehead atoms. The third-order valence-corrected chi connectivity index (χ3v) is 3.76. The third-order valence-electron chi connectivity index (χ3n) is 3.51. The minimum Gasteiger partial charge on any atom is -0.336 e. The molecule has 0 atom stereocenters. The maximum Gasteiger partial charge on any atom is 0.229 e. The van der Waals surface area contributed by atoms with Crippen molar-refractivity contribution in [2.45, 2.75) is 6.42 Å². The predicted molar refractivity (Wildman–Crippen MR) is 95.4 cm³/mol. The van der Waals surface area contributed by atoms with E-state index < -0.39 is 17.5 Å². The average Bonchev–Trinajstić information content (AvgIpc) is 2.65. The second kappa shape index (κ2) is 8.05. The highest BCUT2D eigenvalue weighted by atomic mass is 35.5. The lowest BCUT2D eigenvalue weighted by Gasteiger charge is -2.08. The van der Waals surface area contributed by atoms with E-state index in [-0.39, 0.29) is 29.7 Å². The van der Waals surface area contributed by atoms with Crippen LogP contribution in [0.5, 0.6) is 0 Å². The summed E-state index contributed by atoms with van der Waals surface area (Å²) in [6.07, 6.45) is 0.124. The summed E-state index contributed by atoms with van der Waals surface area (Å²) in [5, 5.41) is 13.2. The summed E-state index contributed by atoms with van der Waals surface area (Å²) in [6.45, 7) is 0. The number of carbonyl (C=O) groups is 1. The van der Waals surface area contributed by atoms with E-state index in [4.69, 9.17) is 11.6 Å². The summed E-state index contributed by atoms with van der Waals surface area (Å²) in [7, 11) is 0. The first-order chi connectivity index (χ1) is 12.9. The number of aromatic nitrogens is 2. The summed E-state index contributed by atoms with van der Waals surface area (Å²) in [5.41, 5.74) is 0.486. The Bertz CT molecular complexity index is 966. The SMILES string of the molecule is O=C(Cc1ccc(Cl)cc1)Nc1ccc(Nc2ccc(F)c(F)c2F)nn1. The first-order valence-corrected chi connectivity index (χ1v) is 8.09. The van der Waals surface area contributed by atoms with Crippen LogP contribution in [0.25, 0.3) is 0 Å². The Morgan fingerprint density at radius 1 is 0.889 bits per heavy atom. The Morgan fingerprint density at radius 2 is 1.56 bits per heavy atom. The van der Waals surface area contributed by atoms with Gasteiger partial charge in [-0.05, 0) is 42.0 Å². The van der Waals surface area contributed by atoms with Gasteiger partial charge < -0.3 is 10.6 Å². The summed E-state index contributed by atoms with van der Waals surface area (Å²) < 4.78 is 39.8. The number of hydrogen-bond acceptors (Lipinski definition) is 4. The van der Waals surface area contributed by atoms with Crippen molar-refractivity contribution in [3.63, 3.8) is 0 Å².